The minimum atomic E-state index is -3.78. The van der Waals surface area contributed by atoms with E-state index in [2.05, 4.69) is 15.1 Å². The maximum Gasteiger partial charge on any atom is 0.284 e. The number of nitrogens with zero attached hydrogens (tertiary/aromatic N) is 4. The highest BCUT2D eigenvalue weighted by Crippen LogP contribution is 2.19. The van der Waals surface area contributed by atoms with Gasteiger partial charge < -0.3 is 4.74 Å². The molecule has 0 radical (unpaired) electrons. The lowest BCUT2D eigenvalue weighted by molar-refractivity contribution is 0.414. The second-order valence-corrected chi connectivity index (χ2v) is 6.15. The summed E-state index contributed by atoms with van der Waals surface area (Å²) >= 11 is 0. The van der Waals surface area contributed by atoms with Crippen LogP contribution in [0.5, 0.6) is 5.75 Å². The molecule has 0 N–H and O–H groups in total. The fourth-order valence-electron chi connectivity index (χ4n) is 1.85. The Morgan fingerprint density at radius 2 is 1.62 bits per heavy atom. The van der Waals surface area contributed by atoms with E-state index < -0.39 is 10.0 Å². The monoisotopic (exact) mass is 346 g/mol. The molecule has 8 heteroatoms. The Hall–Kier alpha value is -2.74. The van der Waals surface area contributed by atoms with Crippen LogP contribution in [0.1, 0.15) is 13.8 Å². The van der Waals surface area contributed by atoms with Crippen LogP contribution in [0.15, 0.2) is 60.0 Å². The Labute approximate surface area is 141 Å². The zero-order valence-corrected chi connectivity index (χ0v) is 14.4. The van der Waals surface area contributed by atoms with Crippen molar-refractivity contribution in [3.8, 4) is 17.1 Å². The van der Waals surface area contributed by atoms with E-state index in [0.717, 1.165) is 4.09 Å². The molecule has 0 aliphatic heterocycles. The molecule has 3 aromatic rings. The van der Waals surface area contributed by atoms with Crippen LogP contribution in [-0.2, 0) is 10.0 Å². The van der Waals surface area contributed by atoms with Gasteiger partial charge in [0.25, 0.3) is 10.0 Å². The van der Waals surface area contributed by atoms with Gasteiger partial charge in [0.15, 0.2) is 5.82 Å². The Bertz CT molecular complexity index is 875. The number of benzene rings is 1. The van der Waals surface area contributed by atoms with Gasteiger partial charge in [0.2, 0.25) is 0 Å². The van der Waals surface area contributed by atoms with Crippen molar-refractivity contribution in [3.63, 3.8) is 0 Å². The van der Waals surface area contributed by atoms with E-state index in [1.165, 1.54) is 25.6 Å². The molecule has 0 amide bonds. The summed E-state index contributed by atoms with van der Waals surface area (Å²) < 4.78 is 30.8. The van der Waals surface area contributed by atoms with Crippen LogP contribution >= 0.6 is 0 Å². The zero-order chi connectivity index (χ0) is 17.6. The van der Waals surface area contributed by atoms with Crippen molar-refractivity contribution in [2.75, 3.05) is 7.11 Å². The standard InChI is InChI=1S/C14H12N4O3S.C2H6/c1-21-12-2-4-13(5-3-12)22(19,20)18-10-16-14(17-18)11-6-8-15-9-7-11;1-2/h2-10H,1H3;1-2H3. The third-order valence-corrected chi connectivity index (χ3v) is 4.55. The van der Waals surface area contributed by atoms with E-state index in [9.17, 15) is 8.42 Å². The molecule has 24 heavy (non-hydrogen) atoms. The first kappa shape index (κ1) is 17.6. The van der Waals surface area contributed by atoms with E-state index in [1.54, 1.807) is 36.7 Å². The molecule has 0 spiro atoms. The van der Waals surface area contributed by atoms with Gasteiger partial charge >= 0.3 is 0 Å². The van der Waals surface area contributed by atoms with Gasteiger partial charge in [0.05, 0.1) is 12.0 Å². The number of pyridine rings is 1. The van der Waals surface area contributed by atoms with Crippen molar-refractivity contribution in [2.45, 2.75) is 18.7 Å². The van der Waals surface area contributed by atoms with Crippen LogP contribution in [0.4, 0.5) is 0 Å². The second-order valence-electron chi connectivity index (χ2n) is 4.36. The van der Waals surface area contributed by atoms with Gasteiger partial charge in [-0.2, -0.15) is 8.42 Å². The first-order valence-corrected chi connectivity index (χ1v) is 8.77. The lowest BCUT2D eigenvalue weighted by Gasteiger charge is -2.04. The summed E-state index contributed by atoms with van der Waals surface area (Å²) in [6.45, 7) is 4.00. The smallest absolute Gasteiger partial charge is 0.284 e. The molecule has 0 saturated heterocycles. The minimum Gasteiger partial charge on any atom is -0.497 e. The van der Waals surface area contributed by atoms with E-state index in [0.29, 0.717) is 17.1 Å². The minimum absolute atomic E-state index is 0.111. The quantitative estimate of drug-likeness (QED) is 0.722. The second kappa shape index (κ2) is 7.69. The number of aromatic nitrogens is 4. The highest BCUT2D eigenvalue weighted by molar-refractivity contribution is 7.89. The van der Waals surface area contributed by atoms with Gasteiger partial charge in [0.1, 0.15) is 12.1 Å². The van der Waals surface area contributed by atoms with Gasteiger partial charge in [-0.05, 0) is 36.4 Å². The summed E-state index contributed by atoms with van der Waals surface area (Å²) in [7, 11) is -2.26. The number of rotatable bonds is 4. The lowest BCUT2D eigenvalue weighted by Crippen LogP contribution is -2.13. The largest absolute Gasteiger partial charge is 0.497 e. The van der Waals surface area contributed by atoms with Crippen LogP contribution in [0, 0.1) is 0 Å². The highest BCUT2D eigenvalue weighted by atomic mass is 32.2. The molecule has 3 rings (SSSR count). The normalized spacial score (nSPS) is 10.6. The van der Waals surface area contributed by atoms with Gasteiger partial charge in [-0.3, -0.25) is 4.98 Å². The predicted octanol–water partition coefficient (Wildman–Crippen LogP) is 2.61. The fraction of sp³-hybridized carbons (Fsp3) is 0.188. The van der Waals surface area contributed by atoms with E-state index in [1.807, 2.05) is 13.8 Å². The summed E-state index contributed by atoms with van der Waals surface area (Å²) in [5.41, 5.74) is 0.693. The van der Waals surface area contributed by atoms with Crippen molar-refractivity contribution in [1.82, 2.24) is 19.2 Å². The molecule has 126 valence electrons. The molecule has 0 atom stereocenters. The maximum absolute atomic E-state index is 12.5. The fourth-order valence-corrected chi connectivity index (χ4v) is 2.91. The summed E-state index contributed by atoms with van der Waals surface area (Å²) in [4.78, 5) is 8.04. The molecule has 7 nitrogen and oxygen atoms in total. The van der Waals surface area contributed by atoms with E-state index >= 15 is 0 Å². The number of hydrogen-bond acceptors (Lipinski definition) is 6. The molecule has 0 bridgehead atoms. The Morgan fingerprint density at radius 3 is 2.21 bits per heavy atom. The van der Waals surface area contributed by atoms with Crippen LogP contribution in [0.2, 0.25) is 0 Å². The number of hydrogen-bond donors (Lipinski definition) is 0. The van der Waals surface area contributed by atoms with Crippen LogP contribution in [0.25, 0.3) is 11.4 Å². The third-order valence-electron chi connectivity index (χ3n) is 3.01. The number of ether oxygens (including phenoxy) is 1. The molecule has 1 aromatic carbocycles. The van der Waals surface area contributed by atoms with Crippen LogP contribution < -0.4 is 4.74 Å². The van der Waals surface area contributed by atoms with Crippen LogP contribution in [-0.4, -0.2) is 34.7 Å². The predicted molar refractivity (Wildman–Crippen MR) is 90.2 cm³/mol. The summed E-state index contributed by atoms with van der Waals surface area (Å²) in [5, 5.41) is 4.03. The average molecular weight is 346 g/mol. The summed E-state index contributed by atoms with van der Waals surface area (Å²) in [6, 6.07) is 9.49. The van der Waals surface area contributed by atoms with Crippen molar-refractivity contribution in [3.05, 3.63) is 55.1 Å². The van der Waals surface area contributed by atoms with Crippen LogP contribution in [0.3, 0.4) is 0 Å². The SMILES string of the molecule is CC.COc1ccc(S(=O)(=O)n2cnc(-c3ccncc3)n2)cc1. The summed E-state index contributed by atoms with van der Waals surface area (Å²) in [6.07, 6.45) is 4.36. The van der Waals surface area contributed by atoms with Gasteiger partial charge in [-0.25, -0.2) is 4.98 Å². The summed E-state index contributed by atoms with van der Waals surface area (Å²) in [5.74, 6) is 0.898. The molecule has 0 aliphatic carbocycles. The Balaban J connectivity index is 0.00000100. The molecule has 0 aliphatic rings. The first-order chi connectivity index (χ1) is 11.6. The molecule has 0 saturated carbocycles. The van der Waals surface area contributed by atoms with Crippen molar-refractivity contribution in [1.29, 1.82) is 0 Å². The van der Waals surface area contributed by atoms with Crippen molar-refractivity contribution < 1.29 is 13.2 Å². The van der Waals surface area contributed by atoms with Crippen molar-refractivity contribution >= 4 is 10.0 Å². The lowest BCUT2D eigenvalue weighted by atomic mass is 10.3. The first-order valence-electron chi connectivity index (χ1n) is 7.33. The van der Waals surface area contributed by atoms with E-state index in [4.69, 9.17) is 4.74 Å². The Morgan fingerprint density at radius 1 is 1.00 bits per heavy atom. The molecule has 2 heterocycles. The van der Waals surface area contributed by atoms with Gasteiger partial charge in [0, 0.05) is 18.0 Å². The molecular weight excluding hydrogens is 328 g/mol. The molecule has 0 unspecified atom stereocenters. The zero-order valence-electron chi connectivity index (χ0n) is 13.6. The van der Waals surface area contributed by atoms with Gasteiger partial charge in [-0.1, -0.05) is 13.8 Å². The Kier molecular flexibility index (Phi) is 5.64. The van der Waals surface area contributed by atoms with Gasteiger partial charge in [-0.15, -0.1) is 9.19 Å². The van der Waals surface area contributed by atoms with E-state index in [-0.39, 0.29) is 4.90 Å². The van der Waals surface area contributed by atoms with Crippen molar-refractivity contribution in [2.24, 2.45) is 0 Å². The molecular formula is C16H18N4O3S. The number of methoxy groups -OCH3 is 1. The average Bonchev–Trinajstić information content (AvgIpc) is 3.15. The topological polar surface area (TPSA) is 87.0 Å². The maximum atomic E-state index is 12.5. The highest BCUT2D eigenvalue weighted by Gasteiger charge is 2.19. The molecule has 2 aromatic heterocycles. The molecule has 0 fully saturated rings. The third kappa shape index (κ3) is 3.60.